The van der Waals surface area contributed by atoms with Crippen LogP contribution in [0, 0.1) is 11.8 Å². The Morgan fingerprint density at radius 2 is 1.62 bits per heavy atom. The Labute approximate surface area is 128 Å². The molecule has 0 spiro atoms. The van der Waals surface area contributed by atoms with E-state index in [0.29, 0.717) is 0 Å². The molecule has 2 heteroatoms. The van der Waals surface area contributed by atoms with Crippen LogP contribution in [0.2, 0.25) is 0 Å². The normalized spacial score (nSPS) is 35.4. The smallest absolute Gasteiger partial charge is 0.0394 e. The number of benzene rings is 1. The third kappa shape index (κ3) is 1.92. The third-order valence-electron chi connectivity index (χ3n) is 6.93. The molecule has 0 amide bonds. The average Bonchev–Trinajstić information content (AvgIpc) is 2.68. The maximum atomic E-state index is 6.44. The summed E-state index contributed by atoms with van der Waals surface area (Å²) in [5.41, 5.74) is 9.87. The molecule has 2 atom stereocenters. The van der Waals surface area contributed by atoms with Crippen LogP contribution in [0.5, 0.6) is 0 Å². The predicted octanol–water partition coefficient (Wildman–Crippen LogP) is 2.99. The molecular formula is C19H28N2. The molecule has 2 bridgehead atoms. The lowest BCUT2D eigenvalue weighted by atomic mass is 9.74. The number of nitrogens with two attached hydrogens (primary N) is 1. The molecule has 2 unspecified atom stereocenters. The second-order valence-corrected chi connectivity index (χ2v) is 7.54. The van der Waals surface area contributed by atoms with Crippen LogP contribution in [0.1, 0.15) is 43.2 Å². The zero-order chi connectivity index (χ0) is 14.4. The van der Waals surface area contributed by atoms with Gasteiger partial charge in [0.2, 0.25) is 0 Å². The Bertz CT molecular complexity index is 487. The fourth-order valence-electron chi connectivity index (χ4n) is 5.45. The zero-order valence-electron chi connectivity index (χ0n) is 13.2. The van der Waals surface area contributed by atoms with Gasteiger partial charge in [-0.1, -0.05) is 30.7 Å². The second-order valence-electron chi connectivity index (χ2n) is 7.54. The van der Waals surface area contributed by atoms with Crippen LogP contribution in [0.3, 0.4) is 0 Å². The first kappa shape index (κ1) is 13.8. The Kier molecular flexibility index (Phi) is 3.35. The van der Waals surface area contributed by atoms with E-state index < -0.39 is 0 Å². The molecule has 3 aliphatic rings. The van der Waals surface area contributed by atoms with Gasteiger partial charge < -0.3 is 5.73 Å². The van der Waals surface area contributed by atoms with Crippen LogP contribution in [-0.2, 0) is 12.8 Å². The Morgan fingerprint density at radius 1 is 1.05 bits per heavy atom. The van der Waals surface area contributed by atoms with Crippen molar-refractivity contribution in [1.82, 2.24) is 4.90 Å². The lowest BCUT2D eigenvalue weighted by Gasteiger charge is -2.52. The molecule has 0 aliphatic heterocycles. The summed E-state index contributed by atoms with van der Waals surface area (Å²) in [6.07, 6.45) is 9.38. The quantitative estimate of drug-likeness (QED) is 0.924. The molecule has 21 heavy (non-hydrogen) atoms. The topological polar surface area (TPSA) is 29.3 Å². The highest BCUT2D eigenvalue weighted by Gasteiger charge is 2.54. The van der Waals surface area contributed by atoms with E-state index in [-0.39, 0.29) is 5.54 Å². The van der Waals surface area contributed by atoms with Crippen molar-refractivity contribution in [2.24, 2.45) is 17.6 Å². The highest BCUT2D eigenvalue weighted by atomic mass is 15.2. The first-order chi connectivity index (χ1) is 10.3. The third-order valence-corrected chi connectivity index (χ3v) is 6.93. The van der Waals surface area contributed by atoms with Gasteiger partial charge in [-0.25, -0.2) is 0 Å². The lowest BCUT2D eigenvalue weighted by Crippen LogP contribution is -2.63. The van der Waals surface area contributed by atoms with Gasteiger partial charge in [0, 0.05) is 18.1 Å². The number of nitrogens with zero attached hydrogens (tertiary/aromatic N) is 1. The molecule has 3 aliphatic carbocycles. The highest BCUT2D eigenvalue weighted by molar-refractivity contribution is 5.32. The maximum Gasteiger partial charge on any atom is 0.0394 e. The fourth-order valence-corrected chi connectivity index (χ4v) is 5.45. The van der Waals surface area contributed by atoms with Gasteiger partial charge in [-0.3, -0.25) is 4.90 Å². The summed E-state index contributed by atoms with van der Waals surface area (Å²) in [7, 11) is 2.37. The number of hydrogen-bond donors (Lipinski definition) is 1. The minimum Gasteiger partial charge on any atom is -0.329 e. The Morgan fingerprint density at radius 3 is 2.05 bits per heavy atom. The van der Waals surface area contributed by atoms with Gasteiger partial charge in [-0.15, -0.1) is 0 Å². The molecule has 0 radical (unpaired) electrons. The molecule has 0 saturated heterocycles. The standard InChI is InChI=1S/C19H28N2/c1-21(18-7-4-8-18)19(13-20)16-9-10-17(19)12-15-6-3-2-5-14(15)11-16/h2-3,5-6,16-18H,4,7-13,20H2,1H3. The van der Waals surface area contributed by atoms with E-state index in [9.17, 15) is 0 Å². The van der Waals surface area contributed by atoms with Gasteiger partial charge in [-0.2, -0.15) is 0 Å². The minimum absolute atomic E-state index is 0.254. The predicted molar refractivity (Wildman–Crippen MR) is 87.3 cm³/mol. The summed E-state index contributed by atoms with van der Waals surface area (Å²) in [5, 5.41) is 0. The van der Waals surface area contributed by atoms with Crippen molar-refractivity contribution >= 4 is 0 Å². The van der Waals surface area contributed by atoms with Crippen LogP contribution in [0.4, 0.5) is 0 Å². The fraction of sp³-hybridized carbons (Fsp3) is 0.684. The van der Waals surface area contributed by atoms with E-state index in [2.05, 4.69) is 36.2 Å². The SMILES string of the molecule is CN(C1CCC1)C1(CN)C2CCC1Cc1ccccc1C2. The monoisotopic (exact) mass is 284 g/mol. The Balaban J connectivity index is 1.72. The van der Waals surface area contributed by atoms with Gasteiger partial charge in [0.1, 0.15) is 0 Å². The molecule has 2 N–H and O–H groups in total. The second kappa shape index (κ2) is 5.10. The van der Waals surface area contributed by atoms with Crippen LogP contribution in [-0.4, -0.2) is 30.1 Å². The van der Waals surface area contributed by atoms with E-state index in [1.165, 1.54) is 44.9 Å². The lowest BCUT2D eigenvalue weighted by molar-refractivity contribution is -0.0147. The molecule has 4 rings (SSSR count). The molecule has 114 valence electrons. The van der Waals surface area contributed by atoms with Crippen LogP contribution in [0.15, 0.2) is 24.3 Å². The molecule has 1 aromatic rings. The van der Waals surface area contributed by atoms with E-state index in [0.717, 1.165) is 24.4 Å². The van der Waals surface area contributed by atoms with Crippen LogP contribution >= 0.6 is 0 Å². The first-order valence-electron chi connectivity index (χ1n) is 8.75. The molecule has 2 saturated carbocycles. The number of likely N-dealkylation sites (N-methyl/N-ethyl adjacent to an activating group) is 1. The average molecular weight is 284 g/mol. The van der Waals surface area contributed by atoms with Crippen molar-refractivity contribution in [1.29, 1.82) is 0 Å². The molecule has 0 aromatic heterocycles. The zero-order valence-corrected chi connectivity index (χ0v) is 13.2. The molecular weight excluding hydrogens is 256 g/mol. The van der Waals surface area contributed by atoms with Gasteiger partial charge >= 0.3 is 0 Å². The van der Waals surface area contributed by atoms with Crippen molar-refractivity contribution < 1.29 is 0 Å². The molecule has 1 aromatic carbocycles. The maximum absolute atomic E-state index is 6.44. The van der Waals surface area contributed by atoms with Gasteiger partial charge in [0.15, 0.2) is 0 Å². The summed E-state index contributed by atoms with van der Waals surface area (Å²) in [4.78, 5) is 2.73. The molecule has 0 heterocycles. The number of rotatable bonds is 3. The number of fused-ring (bicyclic) bond motifs is 3. The Hall–Kier alpha value is -0.860. The van der Waals surface area contributed by atoms with Gasteiger partial charge in [0.05, 0.1) is 0 Å². The summed E-state index contributed by atoms with van der Waals surface area (Å²) in [6.45, 7) is 0.837. The van der Waals surface area contributed by atoms with Crippen molar-refractivity contribution in [3.05, 3.63) is 35.4 Å². The van der Waals surface area contributed by atoms with E-state index in [4.69, 9.17) is 5.73 Å². The van der Waals surface area contributed by atoms with Crippen molar-refractivity contribution in [2.45, 2.75) is 56.5 Å². The molecule has 2 nitrogen and oxygen atoms in total. The van der Waals surface area contributed by atoms with E-state index in [1.54, 1.807) is 11.1 Å². The summed E-state index contributed by atoms with van der Waals surface area (Å²) in [6, 6.07) is 9.90. The van der Waals surface area contributed by atoms with E-state index >= 15 is 0 Å². The first-order valence-corrected chi connectivity index (χ1v) is 8.75. The largest absolute Gasteiger partial charge is 0.329 e. The highest BCUT2D eigenvalue weighted by Crippen LogP contribution is 2.51. The van der Waals surface area contributed by atoms with Crippen molar-refractivity contribution in [3.8, 4) is 0 Å². The van der Waals surface area contributed by atoms with Crippen LogP contribution in [0.25, 0.3) is 0 Å². The van der Waals surface area contributed by atoms with Crippen molar-refractivity contribution in [2.75, 3.05) is 13.6 Å². The van der Waals surface area contributed by atoms with Crippen LogP contribution < -0.4 is 5.73 Å². The minimum atomic E-state index is 0.254. The van der Waals surface area contributed by atoms with E-state index in [1.807, 2.05) is 0 Å². The summed E-state index contributed by atoms with van der Waals surface area (Å²) < 4.78 is 0. The molecule has 2 fully saturated rings. The van der Waals surface area contributed by atoms with Gasteiger partial charge in [-0.05, 0) is 68.5 Å². The van der Waals surface area contributed by atoms with Crippen molar-refractivity contribution in [3.63, 3.8) is 0 Å². The summed E-state index contributed by atoms with van der Waals surface area (Å²) >= 11 is 0. The van der Waals surface area contributed by atoms with Gasteiger partial charge in [0.25, 0.3) is 0 Å². The summed E-state index contributed by atoms with van der Waals surface area (Å²) in [5.74, 6) is 1.50. The number of hydrogen-bond acceptors (Lipinski definition) is 2.